The SMILES string of the molecule is COc1cc(OC)c(C(=O)Cl)cc1Cc1cccc(Cl)c1F. The molecule has 0 heterocycles. The van der Waals surface area contributed by atoms with Crippen molar-refractivity contribution in [1.82, 2.24) is 0 Å². The largest absolute Gasteiger partial charge is 0.496 e. The normalized spacial score (nSPS) is 10.4. The van der Waals surface area contributed by atoms with Crippen molar-refractivity contribution in [2.45, 2.75) is 6.42 Å². The Kier molecular flexibility index (Phi) is 5.27. The lowest BCUT2D eigenvalue weighted by atomic mass is 10.0. The second kappa shape index (κ2) is 6.99. The van der Waals surface area contributed by atoms with E-state index in [0.717, 1.165) is 0 Å². The Morgan fingerprint density at radius 1 is 1.14 bits per heavy atom. The molecule has 0 radical (unpaired) electrons. The van der Waals surface area contributed by atoms with Crippen LogP contribution in [-0.4, -0.2) is 19.5 Å². The number of ether oxygens (including phenoxy) is 2. The number of rotatable bonds is 5. The van der Waals surface area contributed by atoms with Gasteiger partial charge in [0.05, 0.1) is 24.8 Å². The summed E-state index contributed by atoms with van der Waals surface area (Å²) in [5, 5.41) is -0.619. The van der Waals surface area contributed by atoms with E-state index >= 15 is 0 Å². The Morgan fingerprint density at radius 3 is 2.41 bits per heavy atom. The Hall–Kier alpha value is -1.78. The van der Waals surface area contributed by atoms with Crippen LogP contribution in [0.2, 0.25) is 5.02 Å². The van der Waals surface area contributed by atoms with Crippen LogP contribution in [0, 0.1) is 5.82 Å². The molecule has 0 saturated carbocycles. The maximum Gasteiger partial charge on any atom is 0.256 e. The lowest BCUT2D eigenvalue weighted by molar-refractivity contribution is 0.107. The highest BCUT2D eigenvalue weighted by atomic mass is 35.5. The monoisotopic (exact) mass is 342 g/mol. The summed E-state index contributed by atoms with van der Waals surface area (Å²) in [7, 11) is 2.91. The van der Waals surface area contributed by atoms with E-state index < -0.39 is 11.1 Å². The predicted molar refractivity (Wildman–Crippen MR) is 83.9 cm³/mol. The van der Waals surface area contributed by atoms with Crippen LogP contribution in [0.1, 0.15) is 21.5 Å². The molecular weight excluding hydrogens is 330 g/mol. The number of carbonyl (C=O) groups is 1. The molecule has 0 aliphatic rings. The summed E-state index contributed by atoms with van der Waals surface area (Å²) in [6, 6.07) is 7.83. The molecule has 6 heteroatoms. The summed E-state index contributed by atoms with van der Waals surface area (Å²) in [5.41, 5.74) is 1.19. The molecule has 0 aliphatic carbocycles. The van der Waals surface area contributed by atoms with Gasteiger partial charge in [-0.15, -0.1) is 0 Å². The smallest absolute Gasteiger partial charge is 0.256 e. The third-order valence-electron chi connectivity index (χ3n) is 3.23. The molecule has 2 aromatic carbocycles. The Balaban J connectivity index is 2.52. The van der Waals surface area contributed by atoms with E-state index in [0.29, 0.717) is 22.6 Å². The Morgan fingerprint density at radius 2 is 1.82 bits per heavy atom. The van der Waals surface area contributed by atoms with Gasteiger partial charge in [-0.3, -0.25) is 4.79 Å². The van der Waals surface area contributed by atoms with Crippen molar-refractivity contribution in [1.29, 1.82) is 0 Å². The highest BCUT2D eigenvalue weighted by Gasteiger charge is 2.17. The molecule has 2 rings (SSSR count). The van der Waals surface area contributed by atoms with Crippen LogP contribution >= 0.6 is 23.2 Å². The van der Waals surface area contributed by atoms with E-state index in [1.165, 1.54) is 26.4 Å². The van der Waals surface area contributed by atoms with Crippen LogP contribution in [0.15, 0.2) is 30.3 Å². The molecule has 0 bridgehead atoms. The number of hydrogen-bond acceptors (Lipinski definition) is 3. The molecule has 0 amide bonds. The van der Waals surface area contributed by atoms with Crippen LogP contribution in [0.4, 0.5) is 4.39 Å². The van der Waals surface area contributed by atoms with Gasteiger partial charge in [0.25, 0.3) is 5.24 Å². The van der Waals surface area contributed by atoms with Gasteiger partial charge in [0.15, 0.2) is 0 Å². The Labute approximate surface area is 137 Å². The quantitative estimate of drug-likeness (QED) is 0.752. The van der Waals surface area contributed by atoms with Crippen molar-refractivity contribution in [2.24, 2.45) is 0 Å². The van der Waals surface area contributed by atoms with E-state index in [-0.39, 0.29) is 17.0 Å². The van der Waals surface area contributed by atoms with Gasteiger partial charge in [0.2, 0.25) is 0 Å². The van der Waals surface area contributed by atoms with Gasteiger partial charge >= 0.3 is 0 Å². The topological polar surface area (TPSA) is 35.5 Å². The van der Waals surface area contributed by atoms with Gasteiger partial charge < -0.3 is 9.47 Å². The van der Waals surface area contributed by atoms with Crippen LogP contribution in [-0.2, 0) is 6.42 Å². The second-order valence-corrected chi connectivity index (χ2v) is 5.28. The second-order valence-electron chi connectivity index (χ2n) is 4.53. The lowest BCUT2D eigenvalue weighted by Crippen LogP contribution is -2.02. The van der Waals surface area contributed by atoms with Crippen molar-refractivity contribution in [3.63, 3.8) is 0 Å². The first-order chi connectivity index (χ1) is 10.5. The maximum atomic E-state index is 14.0. The number of methoxy groups -OCH3 is 2. The van der Waals surface area contributed by atoms with E-state index in [1.807, 2.05) is 0 Å². The maximum absolute atomic E-state index is 14.0. The van der Waals surface area contributed by atoms with Gasteiger partial charge in [-0.2, -0.15) is 0 Å². The summed E-state index contributed by atoms with van der Waals surface area (Å²) in [5.74, 6) is 0.269. The minimum atomic E-state index is -0.660. The highest BCUT2D eigenvalue weighted by molar-refractivity contribution is 6.68. The fourth-order valence-corrected chi connectivity index (χ4v) is 2.49. The standard InChI is InChI=1S/C16H13Cl2FO3/c1-21-13-8-14(22-2)11(16(18)20)7-10(13)6-9-4-3-5-12(17)15(9)19/h3-5,7-8H,6H2,1-2H3. The molecule has 0 atom stereocenters. The zero-order chi connectivity index (χ0) is 16.3. The molecule has 22 heavy (non-hydrogen) atoms. The van der Waals surface area contributed by atoms with Crippen molar-refractivity contribution >= 4 is 28.4 Å². The lowest BCUT2D eigenvalue weighted by Gasteiger charge is -2.14. The summed E-state index contributed by atoms with van der Waals surface area (Å²) in [6.07, 6.45) is 0.205. The molecular formula is C16H13Cl2FO3. The van der Waals surface area contributed by atoms with E-state index in [9.17, 15) is 9.18 Å². The molecule has 0 spiro atoms. The summed E-state index contributed by atoms with van der Waals surface area (Å²) >= 11 is 11.3. The number of benzene rings is 2. The van der Waals surface area contributed by atoms with Crippen LogP contribution in [0.3, 0.4) is 0 Å². The van der Waals surface area contributed by atoms with Crippen LogP contribution in [0.5, 0.6) is 11.5 Å². The molecule has 0 N–H and O–H groups in total. The number of halogens is 3. The number of hydrogen-bond donors (Lipinski definition) is 0. The fraction of sp³-hybridized carbons (Fsp3) is 0.188. The van der Waals surface area contributed by atoms with E-state index in [4.69, 9.17) is 32.7 Å². The summed E-state index contributed by atoms with van der Waals surface area (Å²) in [4.78, 5) is 11.5. The van der Waals surface area contributed by atoms with Crippen LogP contribution < -0.4 is 9.47 Å². The van der Waals surface area contributed by atoms with Gasteiger partial charge in [-0.05, 0) is 34.9 Å². The summed E-state index contributed by atoms with van der Waals surface area (Å²) < 4.78 is 24.4. The van der Waals surface area contributed by atoms with E-state index in [2.05, 4.69) is 0 Å². The molecule has 2 aromatic rings. The predicted octanol–water partition coefficient (Wildman–Crippen LogP) is 4.47. The molecule has 0 aromatic heterocycles. The fourth-order valence-electron chi connectivity index (χ4n) is 2.15. The van der Waals surface area contributed by atoms with Crippen molar-refractivity contribution in [2.75, 3.05) is 14.2 Å². The number of carbonyl (C=O) groups excluding carboxylic acids is 1. The van der Waals surface area contributed by atoms with Crippen LogP contribution in [0.25, 0.3) is 0 Å². The Bertz CT molecular complexity index is 717. The van der Waals surface area contributed by atoms with Crippen molar-refractivity contribution in [3.8, 4) is 11.5 Å². The summed E-state index contributed by atoms with van der Waals surface area (Å²) in [6.45, 7) is 0. The zero-order valence-corrected chi connectivity index (χ0v) is 13.5. The third-order valence-corrected chi connectivity index (χ3v) is 3.72. The first kappa shape index (κ1) is 16.6. The molecule has 0 aliphatic heterocycles. The molecule has 0 unspecified atom stereocenters. The van der Waals surface area contributed by atoms with Crippen molar-refractivity contribution in [3.05, 3.63) is 57.9 Å². The van der Waals surface area contributed by atoms with Gasteiger partial charge in [0, 0.05) is 12.5 Å². The average Bonchev–Trinajstić information content (AvgIpc) is 2.51. The van der Waals surface area contributed by atoms with Gasteiger partial charge in [-0.25, -0.2) is 4.39 Å². The first-order valence-electron chi connectivity index (χ1n) is 6.35. The molecule has 0 saturated heterocycles. The van der Waals surface area contributed by atoms with Crippen molar-refractivity contribution < 1.29 is 18.7 Å². The molecule has 0 fully saturated rings. The minimum Gasteiger partial charge on any atom is -0.496 e. The van der Waals surface area contributed by atoms with Gasteiger partial charge in [-0.1, -0.05) is 23.7 Å². The third kappa shape index (κ3) is 3.34. The minimum absolute atomic E-state index is 0.0404. The molecule has 116 valence electrons. The highest BCUT2D eigenvalue weighted by Crippen LogP contribution is 2.32. The first-order valence-corrected chi connectivity index (χ1v) is 7.11. The average molecular weight is 343 g/mol. The van der Waals surface area contributed by atoms with Gasteiger partial charge in [0.1, 0.15) is 17.3 Å². The molecule has 3 nitrogen and oxygen atoms in total. The van der Waals surface area contributed by atoms with E-state index in [1.54, 1.807) is 18.2 Å². The zero-order valence-electron chi connectivity index (χ0n) is 12.0.